The topological polar surface area (TPSA) is 51.2 Å². The van der Waals surface area contributed by atoms with E-state index in [0.717, 1.165) is 40.8 Å². The number of nitrogens with zero attached hydrogens (tertiary/aromatic N) is 1. The molecule has 1 amide bonds. The molecule has 0 saturated carbocycles. The van der Waals surface area contributed by atoms with Gasteiger partial charge in [0.2, 0.25) is 0 Å². The van der Waals surface area contributed by atoms with Gasteiger partial charge in [-0.25, -0.2) is 4.98 Å². The molecule has 4 nitrogen and oxygen atoms in total. The van der Waals surface area contributed by atoms with Gasteiger partial charge in [-0.3, -0.25) is 4.79 Å². The van der Waals surface area contributed by atoms with Crippen LogP contribution in [0.15, 0.2) is 54.6 Å². The summed E-state index contributed by atoms with van der Waals surface area (Å²) in [6.45, 7) is 6.76. The Labute approximate surface area is 160 Å². The van der Waals surface area contributed by atoms with Gasteiger partial charge in [0.1, 0.15) is 5.75 Å². The van der Waals surface area contributed by atoms with Gasteiger partial charge in [0.25, 0.3) is 5.91 Å². The van der Waals surface area contributed by atoms with E-state index in [9.17, 15) is 4.79 Å². The lowest BCUT2D eigenvalue weighted by Gasteiger charge is -2.13. The monoisotopic (exact) mass is 362 g/mol. The fraction of sp³-hybridized carbons (Fsp3) is 0.304. The number of unbranched alkanes of at least 4 members (excludes halogenated alkanes) is 1. The van der Waals surface area contributed by atoms with Crippen molar-refractivity contribution in [2.45, 2.75) is 39.7 Å². The zero-order valence-electron chi connectivity index (χ0n) is 16.2. The van der Waals surface area contributed by atoms with Gasteiger partial charge < -0.3 is 10.1 Å². The van der Waals surface area contributed by atoms with Gasteiger partial charge in [-0.05, 0) is 44.5 Å². The van der Waals surface area contributed by atoms with Gasteiger partial charge in [-0.2, -0.15) is 0 Å². The van der Waals surface area contributed by atoms with Crippen molar-refractivity contribution >= 4 is 16.8 Å². The van der Waals surface area contributed by atoms with Crippen LogP contribution in [0, 0.1) is 0 Å². The van der Waals surface area contributed by atoms with E-state index in [1.165, 1.54) is 0 Å². The Hall–Kier alpha value is -2.88. The summed E-state index contributed by atoms with van der Waals surface area (Å²) in [5.74, 6) is 0.740. The van der Waals surface area contributed by atoms with Crippen molar-refractivity contribution in [3.8, 4) is 17.0 Å². The molecule has 0 aliphatic rings. The number of hydrogen-bond acceptors (Lipinski definition) is 3. The molecule has 1 aromatic heterocycles. The first-order valence-electron chi connectivity index (χ1n) is 9.52. The van der Waals surface area contributed by atoms with Crippen LogP contribution < -0.4 is 10.1 Å². The van der Waals surface area contributed by atoms with Crippen LogP contribution in [0.2, 0.25) is 0 Å². The SMILES string of the molecule is CCCCOc1cccc(-c2cc(C(=O)NC(C)C)c3ccccc3n2)c1. The third-order valence-electron chi connectivity index (χ3n) is 4.28. The molecule has 0 unspecified atom stereocenters. The lowest BCUT2D eigenvalue weighted by Crippen LogP contribution is -2.30. The molecule has 1 N–H and O–H groups in total. The molecule has 0 bridgehead atoms. The Morgan fingerprint density at radius 2 is 1.93 bits per heavy atom. The fourth-order valence-corrected chi connectivity index (χ4v) is 2.93. The molecule has 0 radical (unpaired) electrons. The molecule has 0 saturated heterocycles. The van der Waals surface area contributed by atoms with Crippen molar-refractivity contribution in [2.24, 2.45) is 0 Å². The number of hydrogen-bond donors (Lipinski definition) is 1. The number of benzene rings is 2. The minimum Gasteiger partial charge on any atom is -0.494 e. The van der Waals surface area contributed by atoms with E-state index in [4.69, 9.17) is 9.72 Å². The van der Waals surface area contributed by atoms with E-state index < -0.39 is 0 Å². The van der Waals surface area contributed by atoms with Gasteiger partial charge in [0.05, 0.1) is 23.4 Å². The standard InChI is InChI=1S/C23H26N2O2/c1-4-5-13-27-18-10-8-9-17(14-18)22-15-20(23(26)24-16(2)3)19-11-6-7-12-21(19)25-22/h6-12,14-16H,4-5,13H2,1-3H3,(H,24,26). The number of fused-ring (bicyclic) bond motifs is 1. The molecule has 1 heterocycles. The largest absolute Gasteiger partial charge is 0.494 e. The first-order chi connectivity index (χ1) is 13.1. The van der Waals surface area contributed by atoms with Crippen molar-refractivity contribution in [1.82, 2.24) is 10.3 Å². The first kappa shape index (κ1) is 18.9. The van der Waals surface area contributed by atoms with Crippen LogP contribution in [0.1, 0.15) is 44.0 Å². The van der Waals surface area contributed by atoms with E-state index in [1.54, 1.807) is 0 Å². The minimum atomic E-state index is -0.0831. The van der Waals surface area contributed by atoms with Gasteiger partial charge in [0.15, 0.2) is 0 Å². The Morgan fingerprint density at radius 1 is 1.11 bits per heavy atom. The molecule has 0 aliphatic carbocycles. The minimum absolute atomic E-state index is 0.0724. The van der Waals surface area contributed by atoms with Crippen molar-refractivity contribution in [1.29, 1.82) is 0 Å². The molecule has 3 rings (SSSR count). The first-order valence-corrected chi connectivity index (χ1v) is 9.52. The molecule has 0 spiro atoms. The summed E-state index contributed by atoms with van der Waals surface area (Å²) in [6.07, 6.45) is 2.12. The van der Waals surface area contributed by atoms with Crippen LogP contribution in [-0.2, 0) is 0 Å². The molecule has 0 aliphatic heterocycles. The number of para-hydroxylation sites is 1. The van der Waals surface area contributed by atoms with Crippen LogP contribution in [0.5, 0.6) is 5.75 Å². The second-order valence-electron chi connectivity index (χ2n) is 6.93. The highest BCUT2D eigenvalue weighted by molar-refractivity contribution is 6.07. The lowest BCUT2D eigenvalue weighted by atomic mass is 10.0. The highest BCUT2D eigenvalue weighted by Gasteiger charge is 2.14. The van der Waals surface area contributed by atoms with Gasteiger partial charge >= 0.3 is 0 Å². The Balaban J connectivity index is 2.02. The molecule has 140 valence electrons. The highest BCUT2D eigenvalue weighted by Crippen LogP contribution is 2.27. The Bertz CT molecular complexity index is 935. The summed E-state index contributed by atoms with van der Waals surface area (Å²) < 4.78 is 5.82. The van der Waals surface area contributed by atoms with E-state index in [2.05, 4.69) is 12.2 Å². The summed E-state index contributed by atoms with van der Waals surface area (Å²) in [5.41, 5.74) is 3.15. The van der Waals surface area contributed by atoms with E-state index in [-0.39, 0.29) is 11.9 Å². The third-order valence-corrected chi connectivity index (χ3v) is 4.28. The van der Waals surface area contributed by atoms with E-state index in [0.29, 0.717) is 12.2 Å². The maximum absolute atomic E-state index is 12.7. The molecule has 2 aromatic carbocycles. The third kappa shape index (κ3) is 4.64. The number of amides is 1. The van der Waals surface area contributed by atoms with Crippen molar-refractivity contribution in [3.05, 3.63) is 60.2 Å². The van der Waals surface area contributed by atoms with Crippen LogP contribution >= 0.6 is 0 Å². The number of aromatic nitrogens is 1. The number of rotatable bonds is 7. The molecular weight excluding hydrogens is 336 g/mol. The van der Waals surface area contributed by atoms with Crippen LogP contribution in [0.25, 0.3) is 22.2 Å². The molecule has 0 fully saturated rings. The predicted octanol–water partition coefficient (Wildman–Crippen LogP) is 5.22. The Kier molecular flexibility index (Phi) is 6.07. The quantitative estimate of drug-likeness (QED) is 0.586. The van der Waals surface area contributed by atoms with Crippen LogP contribution in [-0.4, -0.2) is 23.5 Å². The van der Waals surface area contributed by atoms with Gasteiger partial charge in [-0.1, -0.05) is 43.7 Å². The van der Waals surface area contributed by atoms with Gasteiger partial charge in [0, 0.05) is 17.0 Å². The number of carbonyl (C=O) groups excluding carboxylic acids is 1. The van der Waals surface area contributed by atoms with Crippen LogP contribution in [0.4, 0.5) is 0 Å². The van der Waals surface area contributed by atoms with Gasteiger partial charge in [-0.15, -0.1) is 0 Å². The van der Waals surface area contributed by atoms with E-state index in [1.807, 2.05) is 68.4 Å². The zero-order chi connectivity index (χ0) is 19.2. The number of nitrogens with one attached hydrogen (secondary N) is 1. The summed E-state index contributed by atoms with van der Waals surface area (Å²) in [7, 11) is 0. The highest BCUT2D eigenvalue weighted by atomic mass is 16.5. The number of ether oxygens (including phenoxy) is 1. The zero-order valence-corrected chi connectivity index (χ0v) is 16.2. The molecule has 0 atom stereocenters. The second kappa shape index (κ2) is 8.67. The average Bonchev–Trinajstić information content (AvgIpc) is 2.67. The maximum Gasteiger partial charge on any atom is 0.252 e. The summed E-state index contributed by atoms with van der Waals surface area (Å²) in [6, 6.07) is 17.6. The Morgan fingerprint density at radius 3 is 2.70 bits per heavy atom. The van der Waals surface area contributed by atoms with Crippen molar-refractivity contribution in [2.75, 3.05) is 6.61 Å². The fourth-order valence-electron chi connectivity index (χ4n) is 2.93. The van der Waals surface area contributed by atoms with Crippen LogP contribution in [0.3, 0.4) is 0 Å². The smallest absolute Gasteiger partial charge is 0.252 e. The molecular formula is C23H26N2O2. The van der Waals surface area contributed by atoms with Crippen molar-refractivity contribution < 1.29 is 9.53 Å². The van der Waals surface area contributed by atoms with Crippen molar-refractivity contribution in [3.63, 3.8) is 0 Å². The molecule has 4 heteroatoms. The van der Waals surface area contributed by atoms with E-state index >= 15 is 0 Å². The molecule has 27 heavy (non-hydrogen) atoms. The number of pyridine rings is 1. The maximum atomic E-state index is 12.7. The second-order valence-corrected chi connectivity index (χ2v) is 6.93. The summed E-state index contributed by atoms with van der Waals surface area (Å²) in [4.78, 5) is 17.5. The summed E-state index contributed by atoms with van der Waals surface area (Å²) in [5, 5.41) is 3.84. The average molecular weight is 362 g/mol. The summed E-state index contributed by atoms with van der Waals surface area (Å²) >= 11 is 0. The normalized spacial score (nSPS) is 11.0. The lowest BCUT2D eigenvalue weighted by molar-refractivity contribution is 0.0945. The molecule has 3 aromatic rings. The number of carbonyl (C=O) groups is 1. The predicted molar refractivity (Wildman–Crippen MR) is 110 cm³/mol.